The molecular weight excluding hydrogens is 375 g/mol. The number of sulfonamides is 1. The summed E-state index contributed by atoms with van der Waals surface area (Å²) in [6, 6.07) is 2.90. The number of likely N-dealkylation sites (tertiary alicyclic amines) is 1. The summed E-state index contributed by atoms with van der Waals surface area (Å²) >= 11 is 12.0. The molecular formula is C15H20Cl2N2O4S. The summed E-state index contributed by atoms with van der Waals surface area (Å²) in [7, 11) is -2.36. The van der Waals surface area contributed by atoms with Crippen LogP contribution in [-0.4, -0.2) is 46.2 Å². The number of piperidine rings is 1. The van der Waals surface area contributed by atoms with E-state index in [1.54, 1.807) is 11.8 Å². The number of nitrogens with one attached hydrogen (secondary N) is 1. The minimum absolute atomic E-state index is 0.0260. The lowest BCUT2D eigenvalue weighted by Gasteiger charge is -2.30. The van der Waals surface area contributed by atoms with E-state index in [2.05, 4.69) is 9.46 Å². The van der Waals surface area contributed by atoms with Gasteiger partial charge in [-0.3, -0.25) is 0 Å². The van der Waals surface area contributed by atoms with Gasteiger partial charge in [-0.25, -0.2) is 17.9 Å². The van der Waals surface area contributed by atoms with Gasteiger partial charge in [-0.2, -0.15) is 0 Å². The van der Waals surface area contributed by atoms with E-state index in [0.717, 1.165) is 0 Å². The minimum Gasteiger partial charge on any atom is -0.453 e. The molecule has 1 aliphatic rings. The molecule has 2 rings (SSSR count). The number of nitrogens with zero attached hydrogens (tertiary/aromatic N) is 1. The maximum absolute atomic E-state index is 12.5. The molecule has 0 spiro atoms. The molecule has 24 heavy (non-hydrogen) atoms. The number of hydrogen-bond donors (Lipinski definition) is 1. The largest absolute Gasteiger partial charge is 0.453 e. The molecule has 0 unspecified atom stereocenters. The van der Waals surface area contributed by atoms with Crippen LogP contribution in [0.2, 0.25) is 10.0 Å². The number of carbonyl (C=O) groups is 1. The summed E-state index contributed by atoms with van der Waals surface area (Å²) < 4.78 is 32.2. The minimum atomic E-state index is -3.71. The molecule has 0 atom stereocenters. The zero-order valence-electron chi connectivity index (χ0n) is 13.5. The van der Waals surface area contributed by atoms with E-state index in [0.29, 0.717) is 43.1 Å². The number of rotatable bonds is 4. The molecule has 1 amide bonds. The third kappa shape index (κ3) is 4.53. The average Bonchev–Trinajstić information content (AvgIpc) is 2.56. The summed E-state index contributed by atoms with van der Waals surface area (Å²) in [6.45, 7) is 3.13. The molecule has 9 heteroatoms. The summed E-state index contributed by atoms with van der Waals surface area (Å²) in [6.07, 6.45) is 1.08. The van der Waals surface area contributed by atoms with Crippen LogP contribution in [0.4, 0.5) is 4.79 Å². The second-order valence-electron chi connectivity index (χ2n) is 5.78. The standard InChI is InChI=1S/C15H20Cl2N2O4S/c1-10-7-14(13(17)8-12(10)16)24(21,22)18-9-11-3-5-19(6-4-11)15(20)23-2/h7-8,11,18H,3-6,9H2,1-2H3. The van der Waals surface area contributed by atoms with Crippen LogP contribution in [0.5, 0.6) is 0 Å². The smallest absolute Gasteiger partial charge is 0.409 e. The first-order chi connectivity index (χ1) is 11.2. The molecule has 1 saturated heterocycles. The van der Waals surface area contributed by atoms with Crippen LogP contribution in [0, 0.1) is 12.8 Å². The second-order valence-corrected chi connectivity index (χ2v) is 8.33. The Hall–Kier alpha value is -1.02. The van der Waals surface area contributed by atoms with Crippen molar-refractivity contribution in [2.75, 3.05) is 26.7 Å². The van der Waals surface area contributed by atoms with E-state index in [9.17, 15) is 13.2 Å². The Balaban J connectivity index is 1.97. The average molecular weight is 395 g/mol. The molecule has 1 aromatic rings. The Morgan fingerprint density at radius 2 is 1.92 bits per heavy atom. The lowest BCUT2D eigenvalue weighted by atomic mass is 9.97. The third-order valence-electron chi connectivity index (χ3n) is 4.11. The lowest BCUT2D eigenvalue weighted by Crippen LogP contribution is -2.41. The Morgan fingerprint density at radius 1 is 1.29 bits per heavy atom. The topological polar surface area (TPSA) is 75.7 Å². The summed E-state index contributed by atoms with van der Waals surface area (Å²) in [4.78, 5) is 13.1. The van der Waals surface area contributed by atoms with Crippen LogP contribution >= 0.6 is 23.2 Å². The maximum atomic E-state index is 12.5. The van der Waals surface area contributed by atoms with Gasteiger partial charge in [-0.05, 0) is 43.4 Å². The van der Waals surface area contributed by atoms with Gasteiger partial charge in [0.15, 0.2) is 0 Å². The Bertz CT molecular complexity index is 716. The van der Waals surface area contributed by atoms with Crippen molar-refractivity contribution in [3.8, 4) is 0 Å². The molecule has 1 N–H and O–H groups in total. The van der Waals surface area contributed by atoms with Crippen molar-refractivity contribution in [2.45, 2.75) is 24.7 Å². The summed E-state index contributed by atoms with van der Waals surface area (Å²) in [5, 5.41) is 0.521. The molecule has 1 fully saturated rings. The van der Waals surface area contributed by atoms with Crippen molar-refractivity contribution in [1.82, 2.24) is 9.62 Å². The highest BCUT2D eigenvalue weighted by Gasteiger charge is 2.25. The van der Waals surface area contributed by atoms with E-state index in [1.165, 1.54) is 19.2 Å². The molecule has 0 aliphatic carbocycles. The molecule has 1 aliphatic heterocycles. The quantitative estimate of drug-likeness (QED) is 0.850. The first-order valence-electron chi connectivity index (χ1n) is 7.53. The summed E-state index contributed by atoms with van der Waals surface area (Å²) in [5.41, 5.74) is 0.646. The van der Waals surface area contributed by atoms with Crippen LogP contribution in [0.15, 0.2) is 17.0 Å². The number of amides is 1. The van der Waals surface area contributed by atoms with E-state index < -0.39 is 10.0 Å². The van der Waals surface area contributed by atoms with Crippen molar-refractivity contribution in [1.29, 1.82) is 0 Å². The monoisotopic (exact) mass is 394 g/mol. The van der Waals surface area contributed by atoms with Crippen molar-refractivity contribution >= 4 is 39.3 Å². The number of methoxy groups -OCH3 is 1. The van der Waals surface area contributed by atoms with Crippen LogP contribution in [0.1, 0.15) is 18.4 Å². The lowest BCUT2D eigenvalue weighted by molar-refractivity contribution is 0.106. The predicted octanol–water partition coefficient (Wildman–Crippen LogP) is 3.06. The number of aryl methyl sites for hydroxylation is 1. The van der Waals surface area contributed by atoms with Crippen LogP contribution < -0.4 is 4.72 Å². The molecule has 0 aromatic heterocycles. The number of hydrogen-bond acceptors (Lipinski definition) is 4. The highest BCUT2D eigenvalue weighted by Crippen LogP contribution is 2.28. The molecule has 0 saturated carbocycles. The number of halogens is 2. The van der Waals surface area contributed by atoms with Crippen LogP contribution in [0.25, 0.3) is 0 Å². The zero-order chi connectivity index (χ0) is 17.9. The van der Waals surface area contributed by atoms with Gasteiger partial charge in [0, 0.05) is 24.7 Å². The predicted molar refractivity (Wildman–Crippen MR) is 93.1 cm³/mol. The van der Waals surface area contributed by atoms with Gasteiger partial charge in [-0.15, -0.1) is 0 Å². The highest BCUT2D eigenvalue weighted by molar-refractivity contribution is 7.89. The fourth-order valence-electron chi connectivity index (χ4n) is 2.59. The van der Waals surface area contributed by atoms with Crippen LogP contribution in [0.3, 0.4) is 0 Å². The Kier molecular flexibility index (Phi) is 6.36. The normalized spacial score (nSPS) is 16.2. The van der Waals surface area contributed by atoms with Gasteiger partial charge in [0.05, 0.1) is 12.1 Å². The number of benzene rings is 1. The van der Waals surface area contributed by atoms with Crippen molar-refractivity contribution in [2.24, 2.45) is 5.92 Å². The van der Waals surface area contributed by atoms with E-state index in [4.69, 9.17) is 23.2 Å². The molecule has 1 aromatic carbocycles. The fourth-order valence-corrected chi connectivity index (χ4v) is 4.54. The van der Waals surface area contributed by atoms with Gasteiger partial charge in [0.25, 0.3) is 0 Å². The second kappa shape index (κ2) is 7.91. The van der Waals surface area contributed by atoms with Crippen LogP contribution in [-0.2, 0) is 14.8 Å². The van der Waals surface area contributed by atoms with Crippen molar-refractivity contribution in [3.63, 3.8) is 0 Å². The third-order valence-corrected chi connectivity index (χ3v) is 6.41. The summed E-state index contributed by atoms with van der Waals surface area (Å²) in [5.74, 6) is 0.160. The molecule has 134 valence electrons. The van der Waals surface area contributed by atoms with Crippen molar-refractivity contribution in [3.05, 3.63) is 27.7 Å². The number of carbonyl (C=O) groups excluding carboxylic acids is 1. The van der Waals surface area contributed by atoms with Gasteiger partial charge in [-0.1, -0.05) is 23.2 Å². The number of ether oxygens (including phenoxy) is 1. The SMILES string of the molecule is COC(=O)N1CCC(CNS(=O)(=O)c2cc(C)c(Cl)cc2Cl)CC1. The molecule has 0 radical (unpaired) electrons. The molecule has 6 nitrogen and oxygen atoms in total. The van der Waals surface area contributed by atoms with Gasteiger partial charge < -0.3 is 9.64 Å². The maximum Gasteiger partial charge on any atom is 0.409 e. The highest BCUT2D eigenvalue weighted by atomic mass is 35.5. The van der Waals surface area contributed by atoms with E-state index in [-0.39, 0.29) is 21.9 Å². The van der Waals surface area contributed by atoms with Crippen molar-refractivity contribution < 1.29 is 17.9 Å². The van der Waals surface area contributed by atoms with E-state index >= 15 is 0 Å². The Morgan fingerprint density at radius 3 is 2.50 bits per heavy atom. The van der Waals surface area contributed by atoms with Gasteiger partial charge in [0.2, 0.25) is 10.0 Å². The van der Waals surface area contributed by atoms with Gasteiger partial charge in [0.1, 0.15) is 4.90 Å². The van der Waals surface area contributed by atoms with E-state index in [1.807, 2.05) is 0 Å². The Labute approximate surface area is 152 Å². The van der Waals surface area contributed by atoms with Gasteiger partial charge >= 0.3 is 6.09 Å². The zero-order valence-corrected chi connectivity index (χ0v) is 15.8. The first kappa shape index (κ1) is 19.3. The fraction of sp³-hybridized carbons (Fsp3) is 0.533. The molecule has 1 heterocycles. The first-order valence-corrected chi connectivity index (χ1v) is 9.76. The molecule has 0 bridgehead atoms.